The van der Waals surface area contributed by atoms with Gasteiger partial charge in [-0.25, -0.2) is 0 Å². The van der Waals surface area contributed by atoms with Crippen LogP contribution in [0.5, 0.6) is 0 Å². The van der Waals surface area contributed by atoms with Gasteiger partial charge in [0.1, 0.15) is 0 Å². The third-order valence-electron chi connectivity index (χ3n) is 9.14. The van der Waals surface area contributed by atoms with Gasteiger partial charge < -0.3 is 9.13 Å². The Morgan fingerprint density at radius 2 is 0.891 bits per heavy atom. The highest BCUT2D eigenvalue weighted by Crippen LogP contribution is 2.43. The number of hydrogen-bond donors (Lipinski definition) is 0. The first-order valence-electron chi connectivity index (χ1n) is 15.5. The van der Waals surface area contributed by atoms with Gasteiger partial charge in [0.25, 0.3) is 0 Å². The van der Waals surface area contributed by atoms with E-state index >= 15 is 0 Å². The minimum Gasteiger partial charge on any atom is -0.309 e. The smallest absolute Gasteiger partial charge is 0.0991 e. The van der Waals surface area contributed by atoms with Gasteiger partial charge in [0.2, 0.25) is 0 Å². The van der Waals surface area contributed by atoms with Crippen molar-refractivity contribution >= 4 is 43.6 Å². The Balaban J connectivity index is 1.35. The summed E-state index contributed by atoms with van der Waals surface area (Å²) in [7, 11) is 0. The van der Waals surface area contributed by atoms with Gasteiger partial charge in [0, 0.05) is 44.0 Å². The molecule has 0 bridgehead atoms. The van der Waals surface area contributed by atoms with Crippen molar-refractivity contribution < 1.29 is 0 Å². The number of fused-ring (bicyclic) bond motifs is 6. The molecule has 0 fully saturated rings. The van der Waals surface area contributed by atoms with E-state index in [0.29, 0.717) is 5.56 Å². The van der Waals surface area contributed by atoms with Crippen molar-refractivity contribution in [2.24, 2.45) is 0 Å². The van der Waals surface area contributed by atoms with Gasteiger partial charge in [0.15, 0.2) is 0 Å². The molecule has 7 aromatic carbocycles. The van der Waals surface area contributed by atoms with Crippen molar-refractivity contribution in [1.29, 1.82) is 5.26 Å². The molecule has 2 heterocycles. The Hall–Kier alpha value is -6.37. The van der Waals surface area contributed by atoms with Crippen LogP contribution < -0.4 is 0 Å². The lowest BCUT2D eigenvalue weighted by Gasteiger charge is -2.15. The average Bonchev–Trinajstić information content (AvgIpc) is 3.65. The van der Waals surface area contributed by atoms with Crippen molar-refractivity contribution in [3.63, 3.8) is 0 Å². The summed E-state index contributed by atoms with van der Waals surface area (Å²) in [4.78, 5) is 0. The minimum atomic E-state index is 0.663. The molecular formula is C43H27N3. The van der Waals surface area contributed by atoms with Crippen LogP contribution in [0.3, 0.4) is 0 Å². The van der Waals surface area contributed by atoms with Crippen LogP contribution in [0, 0.1) is 11.3 Å². The van der Waals surface area contributed by atoms with Crippen LogP contribution in [-0.2, 0) is 0 Å². The van der Waals surface area contributed by atoms with Gasteiger partial charge in [-0.1, -0.05) is 115 Å². The average molecular weight is 586 g/mol. The summed E-state index contributed by atoms with van der Waals surface area (Å²) in [6, 6.07) is 60.2. The quantitative estimate of drug-likeness (QED) is 0.202. The van der Waals surface area contributed by atoms with Crippen LogP contribution in [0.25, 0.3) is 77.2 Å². The van der Waals surface area contributed by atoms with Gasteiger partial charge in [-0.05, 0) is 59.7 Å². The summed E-state index contributed by atoms with van der Waals surface area (Å²) in [6.07, 6.45) is 0. The molecule has 0 atom stereocenters. The normalized spacial score (nSPS) is 11.5. The molecule has 0 unspecified atom stereocenters. The van der Waals surface area contributed by atoms with E-state index in [1.54, 1.807) is 0 Å². The number of hydrogen-bond acceptors (Lipinski definition) is 1. The molecule has 9 aromatic rings. The first-order chi connectivity index (χ1) is 22.8. The molecule has 0 aliphatic rings. The first kappa shape index (κ1) is 26.1. The number of aromatic nitrogens is 2. The molecule has 0 aliphatic carbocycles. The van der Waals surface area contributed by atoms with Gasteiger partial charge in [-0.3, -0.25) is 0 Å². The second-order valence-electron chi connectivity index (χ2n) is 11.7. The van der Waals surface area contributed by atoms with E-state index in [1.807, 2.05) is 18.2 Å². The summed E-state index contributed by atoms with van der Waals surface area (Å²) < 4.78 is 4.82. The minimum absolute atomic E-state index is 0.663. The number of rotatable bonds is 4. The van der Waals surface area contributed by atoms with Crippen molar-refractivity contribution in [1.82, 2.24) is 9.13 Å². The molecule has 214 valence electrons. The van der Waals surface area contributed by atoms with E-state index in [0.717, 1.165) is 22.5 Å². The third kappa shape index (κ3) is 3.91. The Morgan fingerprint density at radius 3 is 1.48 bits per heavy atom. The predicted molar refractivity (Wildman–Crippen MR) is 191 cm³/mol. The second-order valence-corrected chi connectivity index (χ2v) is 11.7. The zero-order valence-electron chi connectivity index (χ0n) is 24.9. The fraction of sp³-hybridized carbons (Fsp3) is 0. The Bertz CT molecular complexity index is 2630. The number of benzene rings is 7. The fourth-order valence-electron chi connectivity index (χ4n) is 7.16. The van der Waals surface area contributed by atoms with E-state index in [2.05, 4.69) is 161 Å². The molecule has 0 radical (unpaired) electrons. The summed E-state index contributed by atoms with van der Waals surface area (Å²) in [5.41, 5.74) is 12.1. The van der Waals surface area contributed by atoms with Crippen molar-refractivity contribution in [2.75, 3.05) is 0 Å². The topological polar surface area (TPSA) is 33.6 Å². The summed E-state index contributed by atoms with van der Waals surface area (Å²) >= 11 is 0. The summed E-state index contributed by atoms with van der Waals surface area (Å²) in [5, 5.41) is 14.4. The maximum absolute atomic E-state index is 9.43. The largest absolute Gasteiger partial charge is 0.309 e. The molecular weight excluding hydrogens is 558 g/mol. The van der Waals surface area contributed by atoms with Crippen LogP contribution in [0.2, 0.25) is 0 Å². The Morgan fingerprint density at radius 1 is 0.391 bits per heavy atom. The predicted octanol–water partition coefficient (Wildman–Crippen LogP) is 11.1. The highest BCUT2D eigenvalue weighted by atomic mass is 15.0. The van der Waals surface area contributed by atoms with E-state index in [4.69, 9.17) is 0 Å². The van der Waals surface area contributed by atoms with Crippen LogP contribution in [0.4, 0.5) is 0 Å². The zero-order valence-corrected chi connectivity index (χ0v) is 24.9. The van der Waals surface area contributed by atoms with Crippen LogP contribution in [0.1, 0.15) is 5.56 Å². The summed E-state index contributed by atoms with van der Waals surface area (Å²) in [5.74, 6) is 0. The number of para-hydroxylation sites is 5. The lowest BCUT2D eigenvalue weighted by atomic mass is 9.99. The molecule has 46 heavy (non-hydrogen) atoms. The molecule has 0 amide bonds. The lowest BCUT2D eigenvalue weighted by molar-refractivity contribution is 1.17. The van der Waals surface area contributed by atoms with E-state index in [-0.39, 0.29) is 0 Å². The monoisotopic (exact) mass is 585 g/mol. The van der Waals surface area contributed by atoms with Gasteiger partial charge in [-0.2, -0.15) is 5.26 Å². The summed E-state index contributed by atoms with van der Waals surface area (Å²) in [6.45, 7) is 0. The van der Waals surface area contributed by atoms with E-state index in [1.165, 1.54) is 54.7 Å². The number of nitrogens with zero attached hydrogens (tertiary/aromatic N) is 3. The van der Waals surface area contributed by atoms with E-state index < -0.39 is 0 Å². The second kappa shape index (κ2) is 10.4. The molecule has 0 spiro atoms. The molecule has 3 nitrogen and oxygen atoms in total. The van der Waals surface area contributed by atoms with Crippen LogP contribution in [0.15, 0.2) is 164 Å². The van der Waals surface area contributed by atoms with E-state index in [9.17, 15) is 5.26 Å². The highest BCUT2D eigenvalue weighted by Gasteiger charge is 2.21. The molecule has 0 N–H and O–H groups in total. The standard InChI is InChI=1S/C43H27N3/c44-28-29-11-8-12-31(27-29)30-23-25-33(26-24-30)46-41-22-7-5-16-35(41)37-18-10-20-39(43(37)46)38-19-9-17-36-34-15-4-6-21-40(34)45(42(36)38)32-13-2-1-3-14-32/h1-27H. The molecule has 0 saturated heterocycles. The lowest BCUT2D eigenvalue weighted by Crippen LogP contribution is -1.98. The molecule has 9 rings (SSSR count). The van der Waals surface area contributed by atoms with Crippen LogP contribution in [-0.4, -0.2) is 9.13 Å². The van der Waals surface area contributed by atoms with Gasteiger partial charge in [0.05, 0.1) is 33.7 Å². The fourth-order valence-corrected chi connectivity index (χ4v) is 7.16. The Labute approximate surface area is 266 Å². The molecule has 3 heteroatoms. The van der Waals surface area contributed by atoms with Crippen molar-refractivity contribution in [3.05, 3.63) is 169 Å². The molecule has 0 aliphatic heterocycles. The van der Waals surface area contributed by atoms with Gasteiger partial charge in [-0.15, -0.1) is 0 Å². The Kier molecular flexibility index (Phi) is 5.88. The maximum Gasteiger partial charge on any atom is 0.0991 e. The first-order valence-corrected chi connectivity index (χ1v) is 15.5. The highest BCUT2D eigenvalue weighted by molar-refractivity contribution is 6.19. The van der Waals surface area contributed by atoms with Gasteiger partial charge >= 0.3 is 0 Å². The van der Waals surface area contributed by atoms with Crippen LogP contribution >= 0.6 is 0 Å². The molecule has 2 aromatic heterocycles. The van der Waals surface area contributed by atoms with Crippen molar-refractivity contribution in [2.45, 2.75) is 0 Å². The third-order valence-corrected chi connectivity index (χ3v) is 9.14. The maximum atomic E-state index is 9.43. The SMILES string of the molecule is N#Cc1cccc(-c2ccc(-n3c4ccccc4c4cccc(-c5cccc6c7ccccc7n(-c7ccccc7)c56)c43)cc2)c1. The van der Waals surface area contributed by atoms with Crippen molar-refractivity contribution in [3.8, 4) is 39.7 Å². The number of nitriles is 1. The molecule has 0 saturated carbocycles. The zero-order chi connectivity index (χ0) is 30.6.